The van der Waals surface area contributed by atoms with E-state index in [2.05, 4.69) is 66.7 Å². The van der Waals surface area contributed by atoms with Gasteiger partial charge in [-0.15, -0.1) is 5.10 Å². The van der Waals surface area contributed by atoms with Crippen LogP contribution in [0.5, 0.6) is 5.75 Å². The number of piperazine rings is 1. The summed E-state index contributed by atoms with van der Waals surface area (Å²) in [6.07, 6.45) is 2.57. The Morgan fingerprint density at radius 1 is 0.931 bits per heavy atom. The van der Waals surface area contributed by atoms with Gasteiger partial charge in [0, 0.05) is 38.4 Å². The fraction of sp³-hybridized carbons (Fsp3) is 0.318. The molecule has 3 aromatic rings. The summed E-state index contributed by atoms with van der Waals surface area (Å²) in [6.45, 7) is 4.46. The fourth-order valence-electron chi connectivity index (χ4n) is 3.57. The molecule has 7 heteroatoms. The van der Waals surface area contributed by atoms with Crippen LogP contribution in [-0.2, 0) is 6.42 Å². The topological polar surface area (TPSA) is 66.4 Å². The molecule has 0 amide bonds. The Morgan fingerprint density at radius 3 is 2.45 bits per heavy atom. The highest BCUT2D eigenvalue weighted by atomic mass is 16.5. The molecule has 0 radical (unpaired) electrons. The first kappa shape index (κ1) is 19.0. The highest BCUT2D eigenvalue weighted by Crippen LogP contribution is 2.20. The number of benzene rings is 2. The molecule has 150 valence electrons. The number of nitrogens with one attached hydrogen (secondary N) is 1. The summed E-state index contributed by atoms with van der Waals surface area (Å²) in [4.78, 5) is 9.32. The molecule has 1 aliphatic rings. The lowest BCUT2D eigenvalue weighted by molar-refractivity contribution is 0.410. The molecule has 0 aliphatic carbocycles. The first-order valence-electron chi connectivity index (χ1n) is 9.94. The third-order valence-corrected chi connectivity index (χ3v) is 5.14. The van der Waals surface area contributed by atoms with Gasteiger partial charge in [0.1, 0.15) is 5.75 Å². The average Bonchev–Trinajstić information content (AvgIpc) is 2.80. The molecule has 0 saturated carbocycles. The van der Waals surface area contributed by atoms with Gasteiger partial charge in [0.15, 0.2) is 5.82 Å². The van der Waals surface area contributed by atoms with Crippen molar-refractivity contribution in [3.63, 3.8) is 0 Å². The lowest BCUT2D eigenvalue weighted by atomic mass is 10.1. The van der Waals surface area contributed by atoms with Crippen LogP contribution in [0.3, 0.4) is 0 Å². The zero-order valence-electron chi connectivity index (χ0n) is 16.7. The van der Waals surface area contributed by atoms with Gasteiger partial charge in [0.25, 0.3) is 0 Å². The number of anilines is 3. The average molecular weight is 390 g/mol. The summed E-state index contributed by atoms with van der Waals surface area (Å²) >= 11 is 0. The van der Waals surface area contributed by atoms with Crippen molar-refractivity contribution in [3.05, 3.63) is 66.4 Å². The largest absolute Gasteiger partial charge is 0.496 e. The Bertz CT molecular complexity index is 912. The van der Waals surface area contributed by atoms with Gasteiger partial charge in [0.2, 0.25) is 5.95 Å². The van der Waals surface area contributed by atoms with Gasteiger partial charge < -0.3 is 19.9 Å². The van der Waals surface area contributed by atoms with E-state index in [0.717, 1.165) is 49.7 Å². The van der Waals surface area contributed by atoms with E-state index in [1.165, 1.54) is 5.69 Å². The van der Waals surface area contributed by atoms with Crippen molar-refractivity contribution < 1.29 is 4.74 Å². The zero-order valence-corrected chi connectivity index (χ0v) is 16.7. The minimum absolute atomic E-state index is 0.558. The first-order valence-corrected chi connectivity index (χ1v) is 9.94. The molecule has 0 atom stereocenters. The second-order valence-electron chi connectivity index (χ2n) is 6.94. The number of methoxy groups -OCH3 is 1. The van der Waals surface area contributed by atoms with Crippen LogP contribution in [0.15, 0.2) is 60.8 Å². The molecule has 7 nitrogen and oxygen atoms in total. The summed E-state index contributed by atoms with van der Waals surface area (Å²) in [6, 6.07) is 18.6. The molecule has 0 bridgehead atoms. The summed E-state index contributed by atoms with van der Waals surface area (Å²) in [5.74, 6) is 2.33. The van der Waals surface area contributed by atoms with Crippen LogP contribution in [-0.4, -0.2) is 55.0 Å². The van der Waals surface area contributed by atoms with Crippen molar-refractivity contribution in [1.29, 1.82) is 0 Å². The SMILES string of the molecule is COc1ccccc1CCNc1nncc(N2CCN(c3ccccc3)CC2)n1. The van der Waals surface area contributed by atoms with Crippen molar-refractivity contribution in [1.82, 2.24) is 15.2 Å². The molecule has 1 aromatic heterocycles. The van der Waals surface area contributed by atoms with E-state index in [0.29, 0.717) is 12.5 Å². The van der Waals surface area contributed by atoms with Crippen LogP contribution in [0.1, 0.15) is 5.56 Å². The number of nitrogens with zero attached hydrogens (tertiary/aromatic N) is 5. The molecular weight excluding hydrogens is 364 g/mol. The zero-order chi connectivity index (χ0) is 19.9. The Balaban J connectivity index is 1.32. The number of hydrogen-bond donors (Lipinski definition) is 1. The van der Waals surface area contributed by atoms with E-state index in [-0.39, 0.29) is 0 Å². The van der Waals surface area contributed by atoms with Crippen molar-refractivity contribution >= 4 is 17.5 Å². The van der Waals surface area contributed by atoms with Crippen LogP contribution < -0.4 is 19.9 Å². The minimum Gasteiger partial charge on any atom is -0.496 e. The predicted octanol–water partition coefficient (Wildman–Crippen LogP) is 2.86. The smallest absolute Gasteiger partial charge is 0.244 e. The number of rotatable bonds is 7. The first-order chi connectivity index (χ1) is 14.3. The van der Waals surface area contributed by atoms with Gasteiger partial charge in [-0.2, -0.15) is 10.1 Å². The minimum atomic E-state index is 0.558. The van der Waals surface area contributed by atoms with Crippen molar-refractivity contribution in [3.8, 4) is 5.75 Å². The summed E-state index contributed by atoms with van der Waals surface area (Å²) in [5.41, 5.74) is 2.43. The molecule has 2 aromatic carbocycles. The van der Waals surface area contributed by atoms with Gasteiger partial charge >= 0.3 is 0 Å². The third kappa shape index (κ3) is 4.74. The maximum absolute atomic E-state index is 5.41. The monoisotopic (exact) mass is 390 g/mol. The molecule has 1 saturated heterocycles. The van der Waals surface area contributed by atoms with Crippen molar-refractivity contribution in [2.75, 3.05) is 55.0 Å². The Hall–Kier alpha value is -3.35. The maximum Gasteiger partial charge on any atom is 0.244 e. The normalized spacial score (nSPS) is 14.0. The van der Waals surface area contributed by atoms with Crippen molar-refractivity contribution in [2.45, 2.75) is 6.42 Å². The van der Waals surface area contributed by atoms with Crippen LogP contribution in [0, 0.1) is 0 Å². The molecule has 4 rings (SSSR count). The number of ether oxygens (including phenoxy) is 1. The van der Waals surface area contributed by atoms with Gasteiger partial charge in [-0.25, -0.2) is 0 Å². The van der Waals surface area contributed by atoms with Gasteiger partial charge in [-0.1, -0.05) is 36.4 Å². The van der Waals surface area contributed by atoms with Crippen LogP contribution in [0.4, 0.5) is 17.5 Å². The van der Waals surface area contributed by atoms with E-state index in [1.54, 1.807) is 13.3 Å². The molecule has 1 fully saturated rings. The lowest BCUT2D eigenvalue weighted by Gasteiger charge is -2.36. The van der Waals surface area contributed by atoms with Crippen LogP contribution >= 0.6 is 0 Å². The molecule has 0 unspecified atom stereocenters. The van der Waals surface area contributed by atoms with E-state index in [9.17, 15) is 0 Å². The lowest BCUT2D eigenvalue weighted by Crippen LogP contribution is -2.46. The molecule has 1 aliphatic heterocycles. The Morgan fingerprint density at radius 2 is 1.66 bits per heavy atom. The summed E-state index contributed by atoms with van der Waals surface area (Å²) in [5, 5.41) is 11.6. The van der Waals surface area contributed by atoms with Gasteiger partial charge in [-0.3, -0.25) is 0 Å². The standard InChI is InChI=1S/C22H26N6O/c1-29-20-10-6-5-7-18(20)11-12-23-22-25-21(17-24-26-22)28-15-13-27(14-16-28)19-8-3-2-4-9-19/h2-10,17H,11-16H2,1H3,(H,23,25,26). The molecule has 1 N–H and O–H groups in total. The number of para-hydroxylation sites is 2. The molecule has 29 heavy (non-hydrogen) atoms. The summed E-state index contributed by atoms with van der Waals surface area (Å²) < 4.78 is 5.41. The molecular formula is C22H26N6O. The van der Waals surface area contributed by atoms with Gasteiger partial charge in [-0.05, 0) is 30.2 Å². The summed E-state index contributed by atoms with van der Waals surface area (Å²) in [7, 11) is 1.69. The number of aromatic nitrogens is 3. The third-order valence-electron chi connectivity index (χ3n) is 5.14. The fourth-order valence-corrected chi connectivity index (χ4v) is 3.57. The predicted molar refractivity (Wildman–Crippen MR) is 116 cm³/mol. The Labute approximate surface area is 171 Å². The highest BCUT2D eigenvalue weighted by molar-refractivity contribution is 5.49. The second kappa shape index (κ2) is 9.23. The van der Waals surface area contributed by atoms with Crippen molar-refractivity contribution in [2.24, 2.45) is 0 Å². The molecule has 2 heterocycles. The van der Waals surface area contributed by atoms with E-state index < -0.39 is 0 Å². The second-order valence-corrected chi connectivity index (χ2v) is 6.94. The highest BCUT2D eigenvalue weighted by Gasteiger charge is 2.19. The number of hydrogen-bond acceptors (Lipinski definition) is 7. The van der Waals surface area contributed by atoms with Gasteiger partial charge in [0.05, 0.1) is 13.3 Å². The molecule has 0 spiro atoms. The van der Waals surface area contributed by atoms with E-state index in [1.807, 2.05) is 18.2 Å². The quantitative estimate of drug-likeness (QED) is 0.665. The Kier molecular flexibility index (Phi) is 6.04. The van der Waals surface area contributed by atoms with Crippen LogP contribution in [0.25, 0.3) is 0 Å². The van der Waals surface area contributed by atoms with E-state index >= 15 is 0 Å². The van der Waals surface area contributed by atoms with Crippen LogP contribution in [0.2, 0.25) is 0 Å². The van der Waals surface area contributed by atoms with E-state index in [4.69, 9.17) is 4.74 Å². The maximum atomic E-state index is 5.41.